The molecule has 0 saturated heterocycles. The molecule has 0 aromatic carbocycles. The first-order valence-electron chi connectivity index (χ1n) is 3.68. The highest BCUT2D eigenvalue weighted by Gasteiger charge is 2.34. The topological polar surface area (TPSA) is 12.4 Å². The van der Waals surface area contributed by atoms with Gasteiger partial charge in [0.25, 0.3) is 0 Å². The maximum atomic E-state index is 4.12. The first-order chi connectivity index (χ1) is 4.46. The normalized spacial score (nSPS) is 26.8. The van der Waals surface area contributed by atoms with Crippen molar-refractivity contribution in [3.63, 3.8) is 0 Å². The molecule has 0 atom stereocenters. The van der Waals surface area contributed by atoms with Crippen LogP contribution in [0, 0.1) is 10.8 Å². The van der Waals surface area contributed by atoms with Gasteiger partial charge in [-0.2, -0.15) is 0 Å². The molecule has 0 N–H and O–H groups in total. The average molecular weight is 137 g/mol. The molecule has 0 radical (unpaired) electrons. The molecule has 0 aliphatic carbocycles. The number of hydrogen-bond donors (Lipinski definition) is 0. The second-order valence-electron chi connectivity index (χ2n) is 4.04. The van der Waals surface area contributed by atoms with Gasteiger partial charge in [0.1, 0.15) is 0 Å². The summed E-state index contributed by atoms with van der Waals surface area (Å²) in [6.07, 6.45) is 6.06. The molecule has 0 aromatic heterocycles. The predicted molar refractivity (Wildman–Crippen MR) is 45.2 cm³/mol. The Labute approximate surface area is 62.9 Å². The van der Waals surface area contributed by atoms with Crippen LogP contribution in [0.2, 0.25) is 0 Å². The fourth-order valence-corrected chi connectivity index (χ4v) is 0.840. The molecule has 0 saturated carbocycles. The van der Waals surface area contributed by atoms with Crippen LogP contribution in [0.5, 0.6) is 0 Å². The van der Waals surface area contributed by atoms with Gasteiger partial charge in [-0.3, -0.25) is 4.99 Å². The third kappa shape index (κ3) is 1.00. The van der Waals surface area contributed by atoms with Crippen LogP contribution in [0.25, 0.3) is 0 Å². The molecule has 1 nitrogen and oxygen atoms in total. The minimum Gasteiger partial charge on any atom is -0.269 e. The summed E-state index contributed by atoms with van der Waals surface area (Å²) >= 11 is 0. The van der Waals surface area contributed by atoms with Crippen LogP contribution in [0.4, 0.5) is 0 Å². The van der Waals surface area contributed by atoms with Gasteiger partial charge in [-0.1, -0.05) is 33.8 Å². The molecule has 1 heterocycles. The summed E-state index contributed by atoms with van der Waals surface area (Å²) in [5.41, 5.74) is 0.441. The van der Waals surface area contributed by atoms with E-state index in [1.807, 2.05) is 12.4 Å². The average Bonchev–Trinajstić information content (AvgIpc) is 1.77. The van der Waals surface area contributed by atoms with E-state index in [0.717, 1.165) is 0 Å². The molecule has 0 aromatic rings. The van der Waals surface area contributed by atoms with E-state index in [-0.39, 0.29) is 10.8 Å². The third-order valence-electron chi connectivity index (χ3n) is 2.64. The Morgan fingerprint density at radius 1 is 1.00 bits per heavy atom. The summed E-state index contributed by atoms with van der Waals surface area (Å²) in [5, 5.41) is 0. The standard InChI is InChI=1S/C9H15N/c1-8(2)5-6-10-7-9(8,3)4/h5-7H,1-4H3. The molecule has 56 valence electrons. The molecule has 0 unspecified atom stereocenters. The molecule has 0 spiro atoms. The minimum atomic E-state index is 0.196. The maximum Gasteiger partial charge on any atom is 0.0229 e. The Balaban J connectivity index is 2.96. The fourth-order valence-electron chi connectivity index (χ4n) is 0.840. The number of allylic oxidation sites excluding steroid dienone is 1. The SMILES string of the molecule is CC1(C)C=CN=CC1(C)C. The van der Waals surface area contributed by atoms with Crippen LogP contribution >= 0.6 is 0 Å². The Morgan fingerprint density at radius 2 is 1.60 bits per heavy atom. The molecule has 1 rings (SSSR count). The zero-order valence-corrected chi connectivity index (χ0v) is 7.18. The zero-order chi connectivity index (χ0) is 7.83. The summed E-state index contributed by atoms with van der Waals surface area (Å²) in [5.74, 6) is 0. The van der Waals surface area contributed by atoms with Crippen molar-refractivity contribution in [1.82, 2.24) is 0 Å². The zero-order valence-electron chi connectivity index (χ0n) is 7.18. The van der Waals surface area contributed by atoms with E-state index in [9.17, 15) is 0 Å². The van der Waals surface area contributed by atoms with Crippen LogP contribution in [-0.4, -0.2) is 6.21 Å². The molecule has 10 heavy (non-hydrogen) atoms. The van der Waals surface area contributed by atoms with Crippen molar-refractivity contribution in [2.24, 2.45) is 15.8 Å². The lowest BCUT2D eigenvalue weighted by Crippen LogP contribution is -2.33. The summed E-state index contributed by atoms with van der Waals surface area (Å²) in [4.78, 5) is 4.12. The van der Waals surface area contributed by atoms with Crippen molar-refractivity contribution >= 4 is 6.21 Å². The van der Waals surface area contributed by atoms with Crippen LogP contribution in [0.3, 0.4) is 0 Å². The van der Waals surface area contributed by atoms with Gasteiger partial charge in [-0.25, -0.2) is 0 Å². The lowest BCUT2D eigenvalue weighted by molar-refractivity contribution is 0.261. The summed E-state index contributed by atoms with van der Waals surface area (Å²) in [6, 6.07) is 0. The minimum absolute atomic E-state index is 0.196. The predicted octanol–water partition coefficient (Wildman–Crippen LogP) is 2.64. The molecule has 0 amide bonds. The summed E-state index contributed by atoms with van der Waals surface area (Å²) < 4.78 is 0. The van der Waals surface area contributed by atoms with Crippen LogP contribution in [0.15, 0.2) is 17.3 Å². The molecule has 0 bridgehead atoms. The molecule has 1 heteroatoms. The lowest BCUT2D eigenvalue weighted by atomic mass is 9.68. The quantitative estimate of drug-likeness (QED) is 0.486. The Morgan fingerprint density at radius 3 is 1.90 bits per heavy atom. The number of rotatable bonds is 0. The second kappa shape index (κ2) is 1.94. The third-order valence-corrected chi connectivity index (χ3v) is 2.64. The van der Waals surface area contributed by atoms with Crippen molar-refractivity contribution in [1.29, 1.82) is 0 Å². The van der Waals surface area contributed by atoms with Crippen LogP contribution in [-0.2, 0) is 0 Å². The maximum absolute atomic E-state index is 4.12. The van der Waals surface area contributed by atoms with Gasteiger partial charge >= 0.3 is 0 Å². The Kier molecular flexibility index (Phi) is 1.46. The van der Waals surface area contributed by atoms with E-state index in [2.05, 4.69) is 38.8 Å². The fraction of sp³-hybridized carbons (Fsp3) is 0.667. The number of nitrogens with zero attached hydrogens (tertiary/aromatic N) is 1. The van der Waals surface area contributed by atoms with E-state index in [0.29, 0.717) is 0 Å². The van der Waals surface area contributed by atoms with E-state index in [1.54, 1.807) is 0 Å². The van der Waals surface area contributed by atoms with Crippen molar-refractivity contribution in [3.8, 4) is 0 Å². The molecule has 0 fully saturated rings. The van der Waals surface area contributed by atoms with Crippen LogP contribution < -0.4 is 0 Å². The summed E-state index contributed by atoms with van der Waals surface area (Å²) in [7, 11) is 0. The van der Waals surface area contributed by atoms with Crippen LogP contribution in [0.1, 0.15) is 27.7 Å². The van der Waals surface area contributed by atoms with Crippen molar-refractivity contribution in [2.75, 3.05) is 0 Å². The Hall–Kier alpha value is -0.590. The smallest absolute Gasteiger partial charge is 0.0229 e. The first kappa shape index (κ1) is 7.52. The number of hydrogen-bond acceptors (Lipinski definition) is 1. The largest absolute Gasteiger partial charge is 0.269 e. The van der Waals surface area contributed by atoms with Gasteiger partial charge < -0.3 is 0 Å². The second-order valence-corrected chi connectivity index (χ2v) is 4.04. The number of aliphatic imine (C=N–C) groups is 1. The van der Waals surface area contributed by atoms with E-state index in [4.69, 9.17) is 0 Å². The van der Waals surface area contributed by atoms with Gasteiger partial charge in [0.2, 0.25) is 0 Å². The molecule has 1 aliphatic heterocycles. The van der Waals surface area contributed by atoms with Crippen molar-refractivity contribution in [3.05, 3.63) is 12.3 Å². The van der Waals surface area contributed by atoms with E-state index in [1.165, 1.54) is 0 Å². The Bertz CT molecular complexity index is 163. The molecule has 1 aliphatic rings. The van der Waals surface area contributed by atoms with Gasteiger partial charge in [0, 0.05) is 17.8 Å². The van der Waals surface area contributed by atoms with Gasteiger partial charge in [-0.05, 0) is 5.41 Å². The highest BCUT2D eigenvalue weighted by Crippen LogP contribution is 2.39. The molecular weight excluding hydrogens is 122 g/mol. The van der Waals surface area contributed by atoms with Crippen molar-refractivity contribution < 1.29 is 0 Å². The van der Waals surface area contributed by atoms with Gasteiger partial charge in [0.05, 0.1) is 0 Å². The molecular formula is C9H15N. The van der Waals surface area contributed by atoms with E-state index >= 15 is 0 Å². The monoisotopic (exact) mass is 137 g/mol. The lowest BCUT2D eigenvalue weighted by Gasteiger charge is -2.37. The summed E-state index contributed by atoms with van der Waals surface area (Å²) in [6.45, 7) is 8.88. The van der Waals surface area contributed by atoms with Gasteiger partial charge in [0.15, 0.2) is 0 Å². The van der Waals surface area contributed by atoms with Gasteiger partial charge in [-0.15, -0.1) is 0 Å². The highest BCUT2D eigenvalue weighted by atomic mass is 14.7. The van der Waals surface area contributed by atoms with E-state index < -0.39 is 0 Å². The first-order valence-corrected chi connectivity index (χ1v) is 3.68. The highest BCUT2D eigenvalue weighted by molar-refractivity contribution is 5.68. The van der Waals surface area contributed by atoms with Crippen molar-refractivity contribution in [2.45, 2.75) is 27.7 Å².